The summed E-state index contributed by atoms with van der Waals surface area (Å²) >= 11 is 5.79. The zero-order chi connectivity index (χ0) is 17.7. The van der Waals surface area contributed by atoms with Crippen molar-refractivity contribution in [3.63, 3.8) is 0 Å². The van der Waals surface area contributed by atoms with Crippen molar-refractivity contribution < 1.29 is 9.59 Å². The van der Waals surface area contributed by atoms with Gasteiger partial charge in [0.05, 0.1) is 17.0 Å². The highest BCUT2D eigenvalue weighted by Gasteiger charge is 2.30. The fraction of sp³-hybridized carbons (Fsp3) is 0.588. The molecule has 0 spiro atoms. The third kappa shape index (κ3) is 7.27. The summed E-state index contributed by atoms with van der Waals surface area (Å²) in [5, 5.41) is 3.30. The van der Waals surface area contributed by atoms with Crippen LogP contribution in [-0.2, 0) is 9.59 Å². The van der Waals surface area contributed by atoms with Crippen LogP contribution in [-0.4, -0.2) is 40.8 Å². The number of piperidine rings is 1. The van der Waals surface area contributed by atoms with E-state index in [9.17, 15) is 9.59 Å². The van der Waals surface area contributed by atoms with Gasteiger partial charge in [0.2, 0.25) is 11.8 Å². The van der Waals surface area contributed by atoms with Crippen molar-refractivity contribution >= 4 is 54.0 Å². The van der Waals surface area contributed by atoms with Crippen LogP contribution >= 0.6 is 36.4 Å². The highest BCUT2D eigenvalue weighted by atomic mass is 35.5. The van der Waals surface area contributed by atoms with E-state index in [0.29, 0.717) is 36.3 Å². The van der Waals surface area contributed by atoms with Gasteiger partial charge >= 0.3 is 0 Å². The summed E-state index contributed by atoms with van der Waals surface area (Å²) < 4.78 is 0. The van der Waals surface area contributed by atoms with Gasteiger partial charge in [0.15, 0.2) is 0 Å². The summed E-state index contributed by atoms with van der Waals surface area (Å²) in [4.78, 5) is 30.6. The van der Waals surface area contributed by atoms with Crippen molar-refractivity contribution in [2.24, 2.45) is 17.6 Å². The molecule has 0 aliphatic carbocycles. The first kappa shape index (κ1) is 24.9. The van der Waals surface area contributed by atoms with Crippen LogP contribution in [0.25, 0.3) is 0 Å². The summed E-state index contributed by atoms with van der Waals surface area (Å²) in [6.45, 7) is 5.15. The Labute approximate surface area is 172 Å². The molecule has 26 heavy (non-hydrogen) atoms. The summed E-state index contributed by atoms with van der Waals surface area (Å²) in [5.41, 5.74) is 5.99. The molecular formula is C17H27Cl3N4O2. The minimum atomic E-state index is -0.496. The minimum absolute atomic E-state index is 0. The second-order valence-corrected chi connectivity index (χ2v) is 7.15. The first-order chi connectivity index (χ1) is 11.4. The number of carbonyl (C=O) groups excluding carboxylic acids is 2. The van der Waals surface area contributed by atoms with Crippen LogP contribution < -0.4 is 11.1 Å². The first-order valence-corrected chi connectivity index (χ1v) is 8.71. The van der Waals surface area contributed by atoms with Crippen LogP contribution in [0.15, 0.2) is 18.3 Å². The standard InChI is InChI=1S/C17H25ClN4O2.2ClH/c1-11(2)8-14(19)17(24)22-7-3-4-12(10-22)16(23)21-15-6-5-13(18)9-20-15;;/h5-6,9,11-12,14H,3-4,7-8,10,19H2,1-2H3,(H,20,21,23);2*1H/t12?,14-;;/m0../s1. The maximum Gasteiger partial charge on any atom is 0.239 e. The molecule has 1 saturated heterocycles. The van der Waals surface area contributed by atoms with E-state index in [2.05, 4.69) is 10.3 Å². The molecule has 1 aliphatic heterocycles. The second-order valence-electron chi connectivity index (χ2n) is 6.71. The Morgan fingerprint density at radius 1 is 1.38 bits per heavy atom. The number of likely N-dealkylation sites (tertiary alicyclic amines) is 1. The Morgan fingerprint density at radius 3 is 2.65 bits per heavy atom. The minimum Gasteiger partial charge on any atom is -0.341 e. The van der Waals surface area contributed by atoms with Crippen LogP contribution in [0.4, 0.5) is 5.82 Å². The lowest BCUT2D eigenvalue weighted by atomic mass is 9.95. The molecule has 1 aromatic rings. The van der Waals surface area contributed by atoms with Crippen molar-refractivity contribution in [3.05, 3.63) is 23.4 Å². The van der Waals surface area contributed by atoms with Gasteiger partial charge in [-0.05, 0) is 37.3 Å². The maximum atomic E-state index is 12.4. The number of nitrogens with one attached hydrogen (secondary N) is 1. The molecule has 0 aromatic carbocycles. The molecule has 2 rings (SSSR count). The molecule has 1 aliphatic rings. The number of nitrogens with zero attached hydrogens (tertiary/aromatic N) is 2. The summed E-state index contributed by atoms with van der Waals surface area (Å²) in [6, 6.07) is 2.83. The molecule has 6 nitrogen and oxygen atoms in total. The summed E-state index contributed by atoms with van der Waals surface area (Å²) in [7, 11) is 0. The highest BCUT2D eigenvalue weighted by Crippen LogP contribution is 2.20. The average Bonchev–Trinajstić information content (AvgIpc) is 2.55. The monoisotopic (exact) mass is 424 g/mol. The molecule has 0 radical (unpaired) electrons. The Kier molecular flexibility index (Phi) is 11.1. The number of pyridine rings is 1. The molecule has 9 heteroatoms. The third-order valence-corrected chi connectivity index (χ3v) is 4.35. The lowest BCUT2D eigenvalue weighted by Crippen LogP contribution is -2.50. The van der Waals surface area contributed by atoms with Gasteiger partial charge in [-0.3, -0.25) is 9.59 Å². The van der Waals surface area contributed by atoms with Gasteiger partial charge < -0.3 is 16.0 Å². The van der Waals surface area contributed by atoms with Gasteiger partial charge in [0, 0.05) is 19.3 Å². The van der Waals surface area contributed by atoms with Crippen molar-refractivity contribution in [2.45, 2.75) is 39.2 Å². The van der Waals surface area contributed by atoms with E-state index in [-0.39, 0.29) is 42.5 Å². The zero-order valence-electron chi connectivity index (χ0n) is 15.0. The number of carbonyl (C=O) groups is 2. The predicted octanol–water partition coefficient (Wildman–Crippen LogP) is 3.13. The topological polar surface area (TPSA) is 88.3 Å². The maximum absolute atomic E-state index is 12.4. The van der Waals surface area contributed by atoms with Crippen molar-refractivity contribution in [1.29, 1.82) is 0 Å². The fourth-order valence-electron chi connectivity index (χ4n) is 2.91. The van der Waals surface area contributed by atoms with Gasteiger partial charge in [0.25, 0.3) is 0 Å². The van der Waals surface area contributed by atoms with Crippen molar-refractivity contribution in [3.8, 4) is 0 Å². The van der Waals surface area contributed by atoms with Gasteiger partial charge in [-0.1, -0.05) is 25.4 Å². The SMILES string of the molecule is CC(C)C[C@H](N)C(=O)N1CCCC(C(=O)Nc2ccc(Cl)cn2)C1.Cl.Cl. The van der Waals surface area contributed by atoms with Crippen LogP contribution in [0.5, 0.6) is 0 Å². The van der Waals surface area contributed by atoms with Crippen molar-refractivity contribution in [1.82, 2.24) is 9.88 Å². The number of hydrogen-bond acceptors (Lipinski definition) is 4. The molecule has 1 unspecified atom stereocenters. The van der Waals surface area contributed by atoms with Gasteiger partial charge in [-0.15, -0.1) is 24.8 Å². The Bertz CT molecular complexity index is 584. The van der Waals surface area contributed by atoms with E-state index in [1.807, 2.05) is 13.8 Å². The molecule has 148 valence electrons. The van der Waals surface area contributed by atoms with Crippen LogP contribution in [0.3, 0.4) is 0 Å². The number of hydrogen-bond donors (Lipinski definition) is 2. The van der Waals surface area contributed by atoms with Crippen LogP contribution in [0.1, 0.15) is 33.1 Å². The van der Waals surface area contributed by atoms with E-state index in [1.165, 1.54) is 6.20 Å². The molecule has 3 N–H and O–H groups in total. The lowest BCUT2D eigenvalue weighted by molar-refractivity contribution is -0.136. The molecule has 2 amide bonds. The highest BCUT2D eigenvalue weighted by molar-refractivity contribution is 6.30. The number of aromatic nitrogens is 1. The van der Waals surface area contributed by atoms with Gasteiger partial charge in [-0.25, -0.2) is 4.98 Å². The molecular weight excluding hydrogens is 399 g/mol. The van der Waals surface area contributed by atoms with Gasteiger partial charge in [0.1, 0.15) is 5.82 Å². The molecule has 2 atom stereocenters. The second kappa shape index (κ2) is 11.6. The Hall–Kier alpha value is -1.08. The predicted molar refractivity (Wildman–Crippen MR) is 109 cm³/mol. The normalized spacial score (nSPS) is 17.7. The van der Waals surface area contributed by atoms with E-state index in [4.69, 9.17) is 17.3 Å². The Morgan fingerprint density at radius 2 is 2.08 bits per heavy atom. The summed E-state index contributed by atoms with van der Waals surface area (Å²) in [6.07, 6.45) is 3.69. The fourth-order valence-corrected chi connectivity index (χ4v) is 3.02. The van der Waals surface area contributed by atoms with E-state index in [1.54, 1.807) is 17.0 Å². The number of anilines is 1. The van der Waals surface area contributed by atoms with E-state index < -0.39 is 6.04 Å². The third-order valence-electron chi connectivity index (χ3n) is 4.13. The van der Waals surface area contributed by atoms with E-state index >= 15 is 0 Å². The molecule has 2 heterocycles. The number of nitrogens with two attached hydrogens (primary N) is 1. The molecule has 0 bridgehead atoms. The summed E-state index contributed by atoms with van der Waals surface area (Å²) in [5.74, 6) is 0.394. The molecule has 0 saturated carbocycles. The zero-order valence-corrected chi connectivity index (χ0v) is 17.4. The average molecular weight is 426 g/mol. The van der Waals surface area contributed by atoms with Crippen LogP contribution in [0, 0.1) is 11.8 Å². The molecule has 1 aromatic heterocycles. The van der Waals surface area contributed by atoms with Gasteiger partial charge in [-0.2, -0.15) is 0 Å². The van der Waals surface area contributed by atoms with E-state index in [0.717, 1.165) is 12.8 Å². The smallest absolute Gasteiger partial charge is 0.239 e. The number of rotatable bonds is 5. The quantitative estimate of drug-likeness (QED) is 0.758. The molecule has 1 fully saturated rings. The number of halogens is 3. The van der Waals surface area contributed by atoms with Crippen LogP contribution in [0.2, 0.25) is 5.02 Å². The number of amides is 2. The lowest BCUT2D eigenvalue weighted by Gasteiger charge is -2.33. The van der Waals surface area contributed by atoms with Crippen molar-refractivity contribution in [2.75, 3.05) is 18.4 Å². The Balaban J connectivity index is 0.00000312. The largest absolute Gasteiger partial charge is 0.341 e. The first-order valence-electron chi connectivity index (χ1n) is 8.33.